The van der Waals surface area contributed by atoms with E-state index in [4.69, 9.17) is 0 Å². The van der Waals surface area contributed by atoms with E-state index in [2.05, 4.69) is 23.8 Å². The lowest BCUT2D eigenvalue weighted by atomic mass is 10.2. The summed E-state index contributed by atoms with van der Waals surface area (Å²) >= 11 is 3.13. The Hall–Kier alpha value is -1.67. The van der Waals surface area contributed by atoms with Crippen molar-refractivity contribution in [2.24, 2.45) is 0 Å². The molecule has 2 amide bonds. The second-order valence-electron chi connectivity index (χ2n) is 5.82. The number of aromatic nitrogens is 2. The lowest BCUT2D eigenvalue weighted by molar-refractivity contribution is -0.136. The van der Waals surface area contributed by atoms with Crippen LogP contribution in [0.4, 0.5) is 0 Å². The molecule has 0 saturated carbocycles. The van der Waals surface area contributed by atoms with Gasteiger partial charge in [0.15, 0.2) is 0 Å². The van der Waals surface area contributed by atoms with Crippen LogP contribution in [0.2, 0.25) is 0 Å². The van der Waals surface area contributed by atoms with Crippen molar-refractivity contribution in [2.75, 3.05) is 31.9 Å². The van der Waals surface area contributed by atoms with Crippen molar-refractivity contribution in [3.63, 3.8) is 0 Å². The number of nitrogens with zero attached hydrogens (tertiary/aromatic N) is 4. The molecule has 1 saturated heterocycles. The van der Waals surface area contributed by atoms with Gasteiger partial charge in [0.25, 0.3) is 0 Å². The van der Waals surface area contributed by atoms with Crippen LogP contribution in [0.5, 0.6) is 0 Å². The van der Waals surface area contributed by atoms with Crippen LogP contribution < -0.4 is 0 Å². The van der Waals surface area contributed by atoms with Crippen molar-refractivity contribution in [3.8, 4) is 0 Å². The highest BCUT2D eigenvalue weighted by Gasteiger charge is 2.23. The maximum Gasteiger partial charge on any atom is 0.233 e. The Kier molecular flexibility index (Phi) is 5.05. The van der Waals surface area contributed by atoms with Crippen LogP contribution >= 0.6 is 23.1 Å². The zero-order valence-corrected chi connectivity index (χ0v) is 15.7. The number of piperazine rings is 1. The molecule has 0 radical (unpaired) electrons. The molecule has 2 aromatic rings. The highest BCUT2D eigenvalue weighted by molar-refractivity contribution is 8.00. The molecule has 0 spiro atoms. The van der Waals surface area contributed by atoms with E-state index in [-0.39, 0.29) is 11.8 Å². The highest BCUT2D eigenvalue weighted by Crippen LogP contribution is 2.34. The van der Waals surface area contributed by atoms with Gasteiger partial charge in [-0.1, -0.05) is 11.8 Å². The zero-order chi connectivity index (χ0) is 17.3. The van der Waals surface area contributed by atoms with Crippen molar-refractivity contribution < 1.29 is 9.59 Å². The average molecular weight is 364 g/mol. The van der Waals surface area contributed by atoms with E-state index < -0.39 is 0 Å². The summed E-state index contributed by atoms with van der Waals surface area (Å²) in [5.41, 5.74) is 1.20. The fraction of sp³-hybridized carbons (Fsp3) is 0.500. The summed E-state index contributed by atoms with van der Waals surface area (Å²) in [6.45, 7) is 8.17. The van der Waals surface area contributed by atoms with Crippen LogP contribution in [0, 0.1) is 13.8 Å². The second kappa shape index (κ2) is 7.06. The average Bonchev–Trinajstić information content (AvgIpc) is 2.88. The maximum atomic E-state index is 12.4. The molecular formula is C16H20N4O2S2. The third-order valence-corrected chi connectivity index (χ3v) is 6.43. The SMILES string of the molecule is CC(=O)N1CCN(C(=O)CSc2ncnc3sc(C)c(C)c23)CC1. The van der Waals surface area contributed by atoms with Crippen molar-refractivity contribution >= 4 is 45.1 Å². The van der Waals surface area contributed by atoms with E-state index >= 15 is 0 Å². The Balaban J connectivity index is 1.64. The summed E-state index contributed by atoms with van der Waals surface area (Å²) < 4.78 is 0. The highest BCUT2D eigenvalue weighted by atomic mass is 32.2. The Morgan fingerprint density at radius 2 is 1.83 bits per heavy atom. The molecule has 0 N–H and O–H groups in total. The summed E-state index contributed by atoms with van der Waals surface area (Å²) in [5.74, 6) is 0.531. The van der Waals surface area contributed by atoms with Crippen LogP contribution in [0.15, 0.2) is 11.4 Å². The van der Waals surface area contributed by atoms with Gasteiger partial charge in [-0.25, -0.2) is 9.97 Å². The predicted molar refractivity (Wildman–Crippen MR) is 96.4 cm³/mol. The quantitative estimate of drug-likeness (QED) is 0.616. The van der Waals surface area contributed by atoms with Gasteiger partial charge in [0.1, 0.15) is 16.2 Å². The number of carbonyl (C=O) groups excluding carboxylic acids is 2. The molecule has 3 rings (SSSR count). The molecule has 1 aliphatic rings. The Labute approximate surface area is 149 Å². The number of aryl methyl sites for hydroxylation is 2. The van der Waals surface area contributed by atoms with Gasteiger partial charge in [-0.05, 0) is 19.4 Å². The summed E-state index contributed by atoms with van der Waals surface area (Å²) in [5, 5.41) is 1.94. The van der Waals surface area contributed by atoms with Crippen LogP contribution in [0.3, 0.4) is 0 Å². The molecule has 0 bridgehead atoms. The molecule has 0 atom stereocenters. The first-order valence-corrected chi connectivity index (χ1v) is 9.64. The molecule has 8 heteroatoms. The number of amides is 2. The topological polar surface area (TPSA) is 66.4 Å². The number of carbonyl (C=O) groups is 2. The Morgan fingerprint density at radius 3 is 2.50 bits per heavy atom. The van der Waals surface area contributed by atoms with Gasteiger partial charge in [-0.15, -0.1) is 11.3 Å². The smallest absolute Gasteiger partial charge is 0.233 e. The van der Waals surface area contributed by atoms with E-state index in [1.54, 1.807) is 29.5 Å². The molecule has 0 aromatic carbocycles. The normalized spacial score (nSPS) is 15.1. The first-order valence-electron chi connectivity index (χ1n) is 7.84. The minimum Gasteiger partial charge on any atom is -0.339 e. The second-order valence-corrected chi connectivity index (χ2v) is 7.98. The summed E-state index contributed by atoms with van der Waals surface area (Å²) in [6, 6.07) is 0. The number of rotatable bonds is 3. The van der Waals surface area contributed by atoms with E-state index in [1.165, 1.54) is 22.2 Å². The minimum atomic E-state index is 0.0724. The van der Waals surface area contributed by atoms with Crippen molar-refractivity contribution in [2.45, 2.75) is 25.8 Å². The van der Waals surface area contributed by atoms with Gasteiger partial charge in [-0.2, -0.15) is 0 Å². The lowest BCUT2D eigenvalue weighted by Crippen LogP contribution is -2.50. The minimum absolute atomic E-state index is 0.0724. The molecule has 0 unspecified atom stereocenters. The van der Waals surface area contributed by atoms with E-state index in [0.29, 0.717) is 31.9 Å². The first kappa shape index (κ1) is 17.2. The van der Waals surface area contributed by atoms with Crippen LogP contribution in [-0.2, 0) is 9.59 Å². The molecule has 6 nitrogen and oxygen atoms in total. The molecule has 128 valence electrons. The van der Waals surface area contributed by atoms with E-state index in [0.717, 1.165) is 15.2 Å². The van der Waals surface area contributed by atoms with E-state index in [1.807, 2.05) is 4.90 Å². The summed E-state index contributed by atoms with van der Waals surface area (Å²) in [7, 11) is 0. The Morgan fingerprint density at radius 1 is 1.17 bits per heavy atom. The predicted octanol–water partition coefficient (Wildman–Crippen LogP) is 2.09. The van der Waals surface area contributed by atoms with Gasteiger partial charge in [0, 0.05) is 43.4 Å². The summed E-state index contributed by atoms with van der Waals surface area (Å²) in [4.78, 5) is 38.3. The molecule has 0 aliphatic carbocycles. The van der Waals surface area contributed by atoms with Crippen molar-refractivity contribution in [3.05, 3.63) is 16.8 Å². The van der Waals surface area contributed by atoms with Crippen LogP contribution in [-0.4, -0.2) is 63.5 Å². The fourth-order valence-electron chi connectivity index (χ4n) is 2.75. The van der Waals surface area contributed by atoms with Crippen LogP contribution in [0.1, 0.15) is 17.4 Å². The van der Waals surface area contributed by atoms with Gasteiger partial charge in [0.2, 0.25) is 11.8 Å². The molecule has 1 fully saturated rings. The lowest BCUT2D eigenvalue weighted by Gasteiger charge is -2.34. The molecule has 1 aliphatic heterocycles. The first-order chi connectivity index (χ1) is 11.5. The number of fused-ring (bicyclic) bond motifs is 1. The van der Waals surface area contributed by atoms with E-state index in [9.17, 15) is 9.59 Å². The standard InChI is InChI=1S/C16H20N4O2S2/c1-10-11(2)24-16-14(10)15(17-9-18-16)23-8-13(22)20-6-4-19(5-7-20)12(3)21/h9H,4-8H2,1-3H3. The number of thiophene rings is 1. The number of hydrogen-bond acceptors (Lipinski definition) is 6. The number of thioether (sulfide) groups is 1. The Bertz CT molecular complexity index is 782. The van der Waals surface area contributed by atoms with Gasteiger partial charge < -0.3 is 9.80 Å². The summed E-state index contributed by atoms with van der Waals surface area (Å²) in [6.07, 6.45) is 1.57. The fourth-order valence-corrected chi connectivity index (χ4v) is 4.77. The molecule has 24 heavy (non-hydrogen) atoms. The molecule has 3 heterocycles. The third kappa shape index (κ3) is 3.39. The zero-order valence-electron chi connectivity index (χ0n) is 14.0. The molecular weight excluding hydrogens is 344 g/mol. The van der Waals surface area contributed by atoms with Gasteiger partial charge in [-0.3, -0.25) is 9.59 Å². The maximum absolute atomic E-state index is 12.4. The third-order valence-electron chi connectivity index (χ3n) is 4.34. The van der Waals surface area contributed by atoms with Gasteiger partial charge in [0.05, 0.1) is 5.75 Å². The van der Waals surface area contributed by atoms with Crippen LogP contribution in [0.25, 0.3) is 10.2 Å². The van der Waals surface area contributed by atoms with Gasteiger partial charge >= 0.3 is 0 Å². The molecule has 2 aromatic heterocycles. The number of hydrogen-bond donors (Lipinski definition) is 0. The van der Waals surface area contributed by atoms with Crippen molar-refractivity contribution in [1.29, 1.82) is 0 Å². The monoisotopic (exact) mass is 364 g/mol. The largest absolute Gasteiger partial charge is 0.339 e. The van der Waals surface area contributed by atoms with Crippen molar-refractivity contribution in [1.82, 2.24) is 19.8 Å².